The molecule has 2 atom stereocenters. The van der Waals surface area contributed by atoms with Crippen LogP contribution in [0.2, 0.25) is 0 Å². The SMILES string of the molecule is CNCC(COC)OCC1CCCCO1. The molecule has 0 aliphatic carbocycles. The summed E-state index contributed by atoms with van der Waals surface area (Å²) in [5.41, 5.74) is 0. The molecule has 15 heavy (non-hydrogen) atoms. The third-order valence-electron chi connectivity index (χ3n) is 2.58. The third kappa shape index (κ3) is 5.47. The van der Waals surface area contributed by atoms with Crippen molar-refractivity contribution in [3.63, 3.8) is 0 Å². The summed E-state index contributed by atoms with van der Waals surface area (Å²) in [5, 5.41) is 3.09. The molecule has 0 aromatic heterocycles. The molecule has 0 radical (unpaired) electrons. The highest BCUT2D eigenvalue weighted by atomic mass is 16.6. The summed E-state index contributed by atoms with van der Waals surface area (Å²) in [7, 11) is 3.62. The van der Waals surface area contributed by atoms with Gasteiger partial charge in [-0.1, -0.05) is 0 Å². The van der Waals surface area contributed by atoms with Gasteiger partial charge in [-0.05, 0) is 26.3 Å². The van der Waals surface area contributed by atoms with Gasteiger partial charge in [-0.25, -0.2) is 0 Å². The molecular formula is C11H23NO3. The predicted octanol–water partition coefficient (Wildman–Crippen LogP) is 0.806. The van der Waals surface area contributed by atoms with E-state index in [4.69, 9.17) is 14.2 Å². The fourth-order valence-corrected chi connectivity index (χ4v) is 1.76. The molecule has 2 unspecified atom stereocenters. The zero-order chi connectivity index (χ0) is 10.9. The van der Waals surface area contributed by atoms with Crippen molar-refractivity contribution in [3.8, 4) is 0 Å². The summed E-state index contributed by atoms with van der Waals surface area (Å²) in [6.07, 6.45) is 3.99. The van der Waals surface area contributed by atoms with E-state index in [-0.39, 0.29) is 12.2 Å². The zero-order valence-corrected chi connectivity index (χ0v) is 9.83. The molecule has 1 aliphatic rings. The number of methoxy groups -OCH3 is 1. The lowest BCUT2D eigenvalue weighted by molar-refractivity contribution is -0.0761. The van der Waals surface area contributed by atoms with Crippen LogP contribution in [-0.4, -0.2) is 52.7 Å². The molecule has 0 aromatic rings. The van der Waals surface area contributed by atoms with Crippen LogP contribution in [-0.2, 0) is 14.2 Å². The number of likely N-dealkylation sites (N-methyl/N-ethyl adjacent to an activating group) is 1. The molecule has 4 heteroatoms. The van der Waals surface area contributed by atoms with Crippen LogP contribution in [0.3, 0.4) is 0 Å². The number of nitrogens with one attached hydrogen (secondary N) is 1. The van der Waals surface area contributed by atoms with Gasteiger partial charge in [0.15, 0.2) is 0 Å². The first-order chi connectivity index (χ1) is 7.36. The average molecular weight is 217 g/mol. The lowest BCUT2D eigenvalue weighted by Gasteiger charge is -2.25. The lowest BCUT2D eigenvalue weighted by Crippen LogP contribution is -2.34. The van der Waals surface area contributed by atoms with Crippen LogP contribution in [0.1, 0.15) is 19.3 Å². The first-order valence-electron chi connectivity index (χ1n) is 5.73. The fourth-order valence-electron chi connectivity index (χ4n) is 1.76. The van der Waals surface area contributed by atoms with E-state index in [9.17, 15) is 0 Å². The molecular weight excluding hydrogens is 194 g/mol. The van der Waals surface area contributed by atoms with E-state index in [1.807, 2.05) is 7.05 Å². The van der Waals surface area contributed by atoms with Crippen molar-refractivity contribution in [2.24, 2.45) is 0 Å². The Bertz CT molecular complexity index is 143. The number of hydrogen-bond acceptors (Lipinski definition) is 4. The first kappa shape index (κ1) is 12.9. The van der Waals surface area contributed by atoms with Crippen molar-refractivity contribution >= 4 is 0 Å². The summed E-state index contributed by atoms with van der Waals surface area (Å²) in [6, 6.07) is 0. The monoisotopic (exact) mass is 217 g/mol. The summed E-state index contributed by atoms with van der Waals surface area (Å²) in [4.78, 5) is 0. The molecule has 90 valence electrons. The highest BCUT2D eigenvalue weighted by Crippen LogP contribution is 2.13. The predicted molar refractivity (Wildman–Crippen MR) is 59.1 cm³/mol. The van der Waals surface area contributed by atoms with Gasteiger partial charge in [0.2, 0.25) is 0 Å². The maximum absolute atomic E-state index is 5.75. The minimum Gasteiger partial charge on any atom is -0.382 e. The third-order valence-corrected chi connectivity index (χ3v) is 2.58. The molecule has 1 aliphatic heterocycles. The lowest BCUT2D eigenvalue weighted by atomic mass is 10.1. The standard InChI is InChI=1S/C11H23NO3/c1-12-7-11(8-13-2)15-9-10-5-3-4-6-14-10/h10-12H,3-9H2,1-2H3. The summed E-state index contributed by atoms with van der Waals surface area (Å²) < 4.78 is 16.4. The topological polar surface area (TPSA) is 39.7 Å². The van der Waals surface area contributed by atoms with Gasteiger partial charge in [-0.2, -0.15) is 0 Å². The van der Waals surface area contributed by atoms with Crippen molar-refractivity contribution in [2.45, 2.75) is 31.5 Å². The number of rotatable bonds is 7. The van der Waals surface area contributed by atoms with E-state index in [2.05, 4.69) is 5.32 Å². The largest absolute Gasteiger partial charge is 0.382 e. The fraction of sp³-hybridized carbons (Fsp3) is 1.00. The van der Waals surface area contributed by atoms with Gasteiger partial charge in [0.1, 0.15) is 0 Å². The van der Waals surface area contributed by atoms with E-state index in [1.165, 1.54) is 12.8 Å². The molecule has 4 nitrogen and oxygen atoms in total. The second kappa shape index (κ2) is 8.05. The molecule has 1 fully saturated rings. The highest BCUT2D eigenvalue weighted by molar-refractivity contribution is 4.65. The Kier molecular flexibility index (Phi) is 6.92. The molecule has 0 spiro atoms. The van der Waals surface area contributed by atoms with E-state index in [0.717, 1.165) is 19.6 Å². The van der Waals surface area contributed by atoms with Crippen LogP contribution in [0.15, 0.2) is 0 Å². The maximum Gasteiger partial charge on any atom is 0.0933 e. The average Bonchev–Trinajstić information content (AvgIpc) is 2.28. The van der Waals surface area contributed by atoms with Crippen LogP contribution in [0.4, 0.5) is 0 Å². The summed E-state index contributed by atoms with van der Waals surface area (Å²) in [5.74, 6) is 0. The van der Waals surface area contributed by atoms with Gasteiger partial charge in [-0.3, -0.25) is 0 Å². The second-order valence-electron chi connectivity index (χ2n) is 3.96. The molecule has 0 amide bonds. The first-order valence-corrected chi connectivity index (χ1v) is 5.73. The van der Waals surface area contributed by atoms with Crippen molar-refractivity contribution in [1.82, 2.24) is 5.32 Å². The molecule has 0 saturated carbocycles. The highest BCUT2D eigenvalue weighted by Gasteiger charge is 2.16. The zero-order valence-electron chi connectivity index (χ0n) is 9.83. The normalized spacial score (nSPS) is 24.0. The van der Waals surface area contributed by atoms with Gasteiger partial charge >= 0.3 is 0 Å². The van der Waals surface area contributed by atoms with Crippen molar-refractivity contribution < 1.29 is 14.2 Å². The van der Waals surface area contributed by atoms with Gasteiger partial charge in [-0.15, -0.1) is 0 Å². The van der Waals surface area contributed by atoms with Gasteiger partial charge < -0.3 is 19.5 Å². The Morgan fingerprint density at radius 1 is 1.47 bits per heavy atom. The maximum atomic E-state index is 5.75. The number of hydrogen-bond donors (Lipinski definition) is 1. The quantitative estimate of drug-likeness (QED) is 0.685. The van der Waals surface area contributed by atoms with E-state index < -0.39 is 0 Å². The van der Waals surface area contributed by atoms with Crippen LogP contribution >= 0.6 is 0 Å². The van der Waals surface area contributed by atoms with Crippen LogP contribution in [0.25, 0.3) is 0 Å². The van der Waals surface area contributed by atoms with Crippen molar-refractivity contribution in [2.75, 3.05) is 40.5 Å². The van der Waals surface area contributed by atoms with Crippen LogP contribution in [0.5, 0.6) is 0 Å². The van der Waals surface area contributed by atoms with Crippen molar-refractivity contribution in [3.05, 3.63) is 0 Å². The Labute approximate surface area is 92.3 Å². The van der Waals surface area contributed by atoms with E-state index in [0.29, 0.717) is 13.2 Å². The Morgan fingerprint density at radius 2 is 2.33 bits per heavy atom. The van der Waals surface area contributed by atoms with E-state index in [1.54, 1.807) is 7.11 Å². The van der Waals surface area contributed by atoms with Gasteiger partial charge in [0.05, 0.1) is 25.4 Å². The van der Waals surface area contributed by atoms with Crippen LogP contribution in [0, 0.1) is 0 Å². The molecule has 1 heterocycles. The Hall–Kier alpha value is -0.160. The van der Waals surface area contributed by atoms with Crippen molar-refractivity contribution in [1.29, 1.82) is 0 Å². The Balaban J connectivity index is 2.13. The molecule has 0 aromatic carbocycles. The Morgan fingerprint density at radius 3 is 2.93 bits per heavy atom. The minimum atomic E-state index is 0.130. The minimum absolute atomic E-state index is 0.130. The molecule has 1 rings (SSSR count). The van der Waals surface area contributed by atoms with Crippen LogP contribution < -0.4 is 5.32 Å². The van der Waals surface area contributed by atoms with E-state index >= 15 is 0 Å². The van der Waals surface area contributed by atoms with Gasteiger partial charge in [0, 0.05) is 20.3 Å². The molecule has 0 bridgehead atoms. The van der Waals surface area contributed by atoms with Gasteiger partial charge in [0.25, 0.3) is 0 Å². The number of ether oxygens (including phenoxy) is 3. The second-order valence-corrected chi connectivity index (χ2v) is 3.96. The molecule has 1 N–H and O–H groups in total. The molecule has 1 saturated heterocycles. The summed E-state index contributed by atoms with van der Waals surface area (Å²) >= 11 is 0. The summed E-state index contributed by atoms with van der Waals surface area (Å²) in [6.45, 7) is 3.03. The smallest absolute Gasteiger partial charge is 0.0933 e.